The van der Waals surface area contributed by atoms with Crippen LogP contribution in [0.2, 0.25) is 0 Å². The average Bonchev–Trinajstić information content (AvgIpc) is 3.15. The highest BCUT2D eigenvalue weighted by Gasteiger charge is 2.44. The van der Waals surface area contributed by atoms with E-state index in [0.717, 1.165) is 18.7 Å². The van der Waals surface area contributed by atoms with Crippen molar-refractivity contribution < 1.29 is 0 Å². The van der Waals surface area contributed by atoms with Crippen LogP contribution in [0, 0.1) is 11.3 Å². The molecule has 1 N–H and O–H groups in total. The van der Waals surface area contributed by atoms with Crippen molar-refractivity contribution in [2.45, 2.75) is 46.6 Å². The summed E-state index contributed by atoms with van der Waals surface area (Å²) in [6.45, 7) is 8.14. The zero-order valence-corrected chi connectivity index (χ0v) is 13.5. The molecule has 0 amide bonds. The van der Waals surface area contributed by atoms with Gasteiger partial charge in [-0.3, -0.25) is 4.79 Å². The molecule has 1 aliphatic carbocycles. The lowest BCUT2D eigenvalue weighted by Gasteiger charge is -2.21. The summed E-state index contributed by atoms with van der Waals surface area (Å²) < 4.78 is 2.10. The summed E-state index contributed by atoms with van der Waals surface area (Å²) in [5, 5.41) is 7.59. The average molecular weight is 328 g/mol. The van der Waals surface area contributed by atoms with Crippen LogP contribution in [0.25, 0.3) is 0 Å². The molecule has 1 saturated carbocycles. The van der Waals surface area contributed by atoms with Gasteiger partial charge in [0.1, 0.15) is 4.47 Å². The van der Waals surface area contributed by atoms with Crippen molar-refractivity contribution >= 4 is 21.6 Å². The number of nitrogens with zero attached hydrogens (tertiary/aromatic N) is 2. The van der Waals surface area contributed by atoms with Gasteiger partial charge in [0.25, 0.3) is 5.56 Å². The molecule has 4 nitrogen and oxygen atoms in total. The number of aromatic nitrogens is 2. The Morgan fingerprint density at radius 3 is 2.74 bits per heavy atom. The Kier molecular flexibility index (Phi) is 4.33. The van der Waals surface area contributed by atoms with E-state index in [2.05, 4.69) is 40.2 Å². The summed E-state index contributed by atoms with van der Waals surface area (Å²) in [6.07, 6.45) is 5.20. The molecule has 0 radical (unpaired) electrons. The van der Waals surface area contributed by atoms with Gasteiger partial charge >= 0.3 is 0 Å². The molecular weight excluding hydrogens is 306 g/mol. The Bertz CT molecular complexity index is 506. The molecule has 0 spiro atoms. The van der Waals surface area contributed by atoms with Crippen molar-refractivity contribution in [3.8, 4) is 0 Å². The number of halogens is 1. The Morgan fingerprint density at radius 2 is 2.21 bits per heavy atom. The first-order valence-electron chi connectivity index (χ1n) is 6.99. The maximum Gasteiger partial charge on any atom is 0.283 e. The van der Waals surface area contributed by atoms with E-state index in [4.69, 9.17) is 0 Å². The predicted octanol–water partition coefficient (Wildman–Crippen LogP) is 3.26. The Morgan fingerprint density at radius 1 is 1.53 bits per heavy atom. The second kappa shape index (κ2) is 5.65. The van der Waals surface area contributed by atoms with Gasteiger partial charge in [-0.25, -0.2) is 4.68 Å². The van der Waals surface area contributed by atoms with Crippen LogP contribution in [-0.2, 0) is 6.54 Å². The smallest absolute Gasteiger partial charge is 0.283 e. The number of nitrogens with one attached hydrogen (secondary N) is 1. The Labute approximate surface area is 122 Å². The van der Waals surface area contributed by atoms with E-state index in [9.17, 15) is 4.79 Å². The molecule has 0 aliphatic heterocycles. The van der Waals surface area contributed by atoms with E-state index < -0.39 is 0 Å². The lowest BCUT2D eigenvalue weighted by atomic mass is 9.92. The maximum atomic E-state index is 12.1. The first-order valence-corrected chi connectivity index (χ1v) is 7.79. The Balaban J connectivity index is 2.10. The van der Waals surface area contributed by atoms with E-state index in [1.165, 1.54) is 17.5 Å². The van der Waals surface area contributed by atoms with Gasteiger partial charge in [0, 0.05) is 13.1 Å². The van der Waals surface area contributed by atoms with Gasteiger partial charge < -0.3 is 5.32 Å². The third-order valence-corrected chi connectivity index (χ3v) is 4.93. The fourth-order valence-electron chi connectivity index (χ4n) is 2.35. The molecule has 1 aromatic rings. The van der Waals surface area contributed by atoms with Gasteiger partial charge in [-0.15, -0.1) is 0 Å². The molecule has 1 heterocycles. The molecule has 0 atom stereocenters. The molecule has 0 saturated heterocycles. The predicted molar refractivity (Wildman–Crippen MR) is 81.5 cm³/mol. The van der Waals surface area contributed by atoms with E-state index in [1.54, 1.807) is 6.20 Å². The third kappa shape index (κ3) is 3.02. The van der Waals surface area contributed by atoms with E-state index in [-0.39, 0.29) is 5.56 Å². The number of hydrogen-bond donors (Lipinski definition) is 1. The molecule has 1 fully saturated rings. The standard InChI is InChI=1S/C14H22BrN3O/c1-4-7-18-13(19)12(15)11(8-17-18)16-9-14(5-6-14)10(2)3/h8,10,16H,4-7,9H2,1-3H3. The second-order valence-electron chi connectivity index (χ2n) is 5.77. The van der Waals surface area contributed by atoms with Crippen molar-refractivity contribution in [2.24, 2.45) is 11.3 Å². The molecule has 1 aliphatic rings. The quantitative estimate of drug-likeness (QED) is 0.872. The van der Waals surface area contributed by atoms with Crippen molar-refractivity contribution in [1.29, 1.82) is 0 Å². The zero-order valence-electron chi connectivity index (χ0n) is 11.9. The Hall–Kier alpha value is -0.840. The van der Waals surface area contributed by atoms with Gasteiger partial charge in [-0.2, -0.15) is 5.10 Å². The van der Waals surface area contributed by atoms with Crippen molar-refractivity contribution in [3.05, 3.63) is 21.0 Å². The maximum absolute atomic E-state index is 12.1. The van der Waals surface area contributed by atoms with Gasteiger partial charge in [-0.1, -0.05) is 20.8 Å². The molecule has 0 unspecified atom stereocenters. The number of rotatable bonds is 6. The normalized spacial score (nSPS) is 16.7. The number of hydrogen-bond acceptors (Lipinski definition) is 3. The van der Waals surface area contributed by atoms with Crippen LogP contribution in [0.4, 0.5) is 5.69 Å². The number of anilines is 1. The van der Waals surface area contributed by atoms with Crippen LogP contribution in [-0.4, -0.2) is 16.3 Å². The molecule has 2 rings (SSSR count). The fourth-order valence-corrected chi connectivity index (χ4v) is 2.80. The van der Waals surface area contributed by atoms with Gasteiger partial charge in [-0.05, 0) is 46.5 Å². The van der Waals surface area contributed by atoms with Crippen LogP contribution >= 0.6 is 15.9 Å². The van der Waals surface area contributed by atoms with Crippen molar-refractivity contribution in [2.75, 3.05) is 11.9 Å². The van der Waals surface area contributed by atoms with Crippen molar-refractivity contribution in [3.63, 3.8) is 0 Å². The molecule has 106 valence electrons. The highest BCUT2D eigenvalue weighted by molar-refractivity contribution is 9.10. The summed E-state index contributed by atoms with van der Waals surface area (Å²) in [6, 6.07) is 0. The monoisotopic (exact) mass is 327 g/mol. The van der Waals surface area contributed by atoms with Crippen LogP contribution in [0.3, 0.4) is 0 Å². The number of aryl methyl sites for hydroxylation is 1. The summed E-state index contributed by atoms with van der Waals surface area (Å²) >= 11 is 3.39. The minimum atomic E-state index is -0.0544. The van der Waals surface area contributed by atoms with Gasteiger partial charge in [0.2, 0.25) is 0 Å². The molecular formula is C14H22BrN3O. The topological polar surface area (TPSA) is 46.9 Å². The molecule has 0 aromatic carbocycles. The molecule has 19 heavy (non-hydrogen) atoms. The first-order chi connectivity index (χ1) is 9.00. The minimum Gasteiger partial charge on any atom is -0.382 e. The van der Waals surface area contributed by atoms with Crippen LogP contribution < -0.4 is 10.9 Å². The van der Waals surface area contributed by atoms with Gasteiger partial charge in [0.15, 0.2) is 0 Å². The SMILES string of the molecule is CCCn1ncc(NCC2(C(C)C)CC2)c(Br)c1=O. The molecule has 0 bridgehead atoms. The fraction of sp³-hybridized carbons (Fsp3) is 0.714. The summed E-state index contributed by atoms with van der Waals surface area (Å²) in [7, 11) is 0. The van der Waals surface area contributed by atoms with E-state index in [0.29, 0.717) is 22.4 Å². The summed E-state index contributed by atoms with van der Waals surface area (Å²) in [5.74, 6) is 0.673. The summed E-state index contributed by atoms with van der Waals surface area (Å²) in [4.78, 5) is 12.1. The largest absolute Gasteiger partial charge is 0.382 e. The van der Waals surface area contributed by atoms with Crippen molar-refractivity contribution in [1.82, 2.24) is 9.78 Å². The third-order valence-electron chi connectivity index (χ3n) is 4.17. The summed E-state index contributed by atoms with van der Waals surface area (Å²) in [5.41, 5.74) is 1.17. The lowest BCUT2D eigenvalue weighted by Crippen LogP contribution is -2.26. The van der Waals surface area contributed by atoms with Crippen LogP contribution in [0.5, 0.6) is 0 Å². The van der Waals surface area contributed by atoms with E-state index in [1.807, 2.05) is 6.92 Å². The first kappa shape index (κ1) is 14.6. The minimum absolute atomic E-state index is 0.0544. The zero-order chi connectivity index (χ0) is 14.0. The van der Waals surface area contributed by atoms with Crippen LogP contribution in [0.15, 0.2) is 15.5 Å². The molecule has 1 aromatic heterocycles. The van der Waals surface area contributed by atoms with Gasteiger partial charge in [0.05, 0.1) is 11.9 Å². The van der Waals surface area contributed by atoms with Crippen LogP contribution in [0.1, 0.15) is 40.0 Å². The van der Waals surface area contributed by atoms with E-state index >= 15 is 0 Å². The second-order valence-corrected chi connectivity index (χ2v) is 6.56. The molecule has 5 heteroatoms. The highest BCUT2D eigenvalue weighted by atomic mass is 79.9. The highest BCUT2D eigenvalue weighted by Crippen LogP contribution is 2.51. The lowest BCUT2D eigenvalue weighted by molar-refractivity contribution is 0.380.